The SMILES string of the molecule is c1ccc(-c2ccccc2-c2c(-c3ccccc3)cccc2N(c2ccc(-c3cc4ccccc4c4ccccc34)cc2)c2ccc(-c3cccc4c5ccccc5n(-c5ccccc5)c34)cc2)cc1. The van der Waals surface area contributed by atoms with E-state index in [1.807, 2.05) is 0 Å². The van der Waals surface area contributed by atoms with Crippen LogP contribution in [0, 0.1) is 0 Å². The highest BCUT2D eigenvalue weighted by Gasteiger charge is 2.24. The number of benzene rings is 12. The molecule has 0 aliphatic heterocycles. The highest BCUT2D eigenvalue weighted by molar-refractivity contribution is 6.15. The molecule has 70 heavy (non-hydrogen) atoms. The molecule has 0 amide bonds. The summed E-state index contributed by atoms with van der Waals surface area (Å²) in [5.74, 6) is 0. The van der Waals surface area contributed by atoms with Gasteiger partial charge in [-0.05, 0) is 121 Å². The Bertz CT molecular complexity index is 4020. The normalized spacial score (nSPS) is 11.4. The van der Waals surface area contributed by atoms with E-state index in [0.717, 1.165) is 33.9 Å². The van der Waals surface area contributed by atoms with Crippen LogP contribution in [0.5, 0.6) is 0 Å². The molecule has 1 heterocycles. The smallest absolute Gasteiger partial charge is 0.0619 e. The van der Waals surface area contributed by atoms with Crippen molar-refractivity contribution in [1.29, 1.82) is 0 Å². The molecule has 0 saturated carbocycles. The Kier molecular flexibility index (Phi) is 10.2. The molecule has 0 N–H and O–H groups in total. The summed E-state index contributed by atoms with van der Waals surface area (Å²) in [5.41, 5.74) is 18.5. The van der Waals surface area contributed by atoms with Crippen molar-refractivity contribution in [3.05, 3.63) is 279 Å². The average molecular weight is 891 g/mol. The average Bonchev–Trinajstić information content (AvgIpc) is 3.79. The molecular weight excluding hydrogens is 845 g/mol. The Hall–Kier alpha value is -9.24. The summed E-state index contributed by atoms with van der Waals surface area (Å²) < 4.78 is 2.42. The first-order valence-electron chi connectivity index (χ1n) is 24.1. The number of para-hydroxylation sites is 3. The van der Waals surface area contributed by atoms with Gasteiger partial charge in [0.05, 0.1) is 16.7 Å². The third kappa shape index (κ3) is 7.05. The second kappa shape index (κ2) is 17.4. The lowest BCUT2D eigenvalue weighted by Crippen LogP contribution is -2.12. The van der Waals surface area contributed by atoms with Crippen LogP contribution < -0.4 is 4.90 Å². The summed E-state index contributed by atoms with van der Waals surface area (Å²) >= 11 is 0. The minimum absolute atomic E-state index is 1.06. The summed E-state index contributed by atoms with van der Waals surface area (Å²) in [6.07, 6.45) is 0. The number of hydrogen-bond donors (Lipinski definition) is 0. The Morgan fingerprint density at radius 2 is 0.743 bits per heavy atom. The fraction of sp³-hybridized carbons (Fsp3) is 0. The zero-order chi connectivity index (χ0) is 46.4. The van der Waals surface area contributed by atoms with E-state index in [-0.39, 0.29) is 0 Å². The van der Waals surface area contributed by atoms with Gasteiger partial charge < -0.3 is 9.47 Å². The van der Waals surface area contributed by atoms with Gasteiger partial charge in [-0.3, -0.25) is 0 Å². The maximum absolute atomic E-state index is 2.46. The van der Waals surface area contributed by atoms with Gasteiger partial charge in [0.2, 0.25) is 0 Å². The van der Waals surface area contributed by atoms with Gasteiger partial charge >= 0.3 is 0 Å². The van der Waals surface area contributed by atoms with Crippen LogP contribution in [0.4, 0.5) is 17.1 Å². The van der Waals surface area contributed by atoms with Gasteiger partial charge in [0, 0.05) is 39.0 Å². The maximum atomic E-state index is 2.46. The number of nitrogens with zero attached hydrogens (tertiary/aromatic N) is 2. The molecule has 0 unspecified atom stereocenters. The summed E-state index contributed by atoms with van der Waals surface area (Å²) in [6, 6.07) is 102. The predicted molar refractivity (Wildman–Crippen MR) is 298 cm³/mol. The van der Waals surface area contributed by atoms with Gasteiger partial charge in [-0.1, -0.05) is 224 Å². The van der Waals surface area contributed by atoms with Crippen molar-refractivity contribution in [2.75, 3.05) is 4.90 Å². The predicted octanol–water partition coefficient (Wildman–Crippen LogP) is 18.9. The van der Waals surface area contributed by atoms with Gasteiger partial charge in [0.1, 0.15) is 0 Å². The molecule has 0 atom stereocenters. The van der Waals surface area contributed by atoms with Crippen LogP contribution in [-0.2, 0) is 0 Å². The molecule has 1 aromatic heterocycles. The quantitative estimate of drug-likeness (QED) is 0.131. The van der Waals surface area contributed by atoms with E-state index >= 15 is 0 Å². The molecule has 0 saturated heterocycles. The Morgan fingerprint density at radius 3 is 1.44 bits per heavy atom. The minimum Gasteiger partial charge on any atom is -0.310 e. The van der Waals surface area contributed by atoms with Crippen molar-refractivity contribution in [1.82, 2.24) is 4.57 Å². The van der Waals surface area contributed by atoms with Crippen molar-refractivity contribution in [2.45, 2.75) is 0 Å². The third-order valence-electron chi connectivity index (χ3n) is 14.0. The molecule has 13 aromatic rings. The number of fused-ring (bicyclic) bond motifs is 6. The summed E-state index contributed by atoms with van der Waals surface area (Å²) in [4.78, 5) is 2.46. The van der Waals surface area contributed by atoms with Crippen LogP contribution in [0.1, 0.15) is 0 Å². The second-order valence-corrected chi connectivity index (χ2v) is 18.0. The molecule has 0 fully saturated rings. The first-order chi connectivity index (χ1) is 34.8. The first-order valence-corrected chi connectivity index (χ1v) is 24.1. The van der Waals surface area contributed by atoms with E-state index in [9.17, 15) is 0 Å². The highest BCUT2D eigenvalue weighted by atomic mass is 15.1. The molecule has 328 valence electrons. The fourth-order valence-corrected chi connectivity index (χ4v) is 10.8. The van der Waals surface area contributed by atoms with Crippen LogP contribution in [-0.4, -0.2) is 4.57 Å². The Morgan fingerprint density at radius 1 is 0.271 bits per heavy atom. The van der Waals surface area contributed by atoms with Gasteiger partial charge in [0.25, 0.3) is 0 Å². The molecule has 0 bridgehead atoms. The molecule has 2 nitrogen and oxygen atoms in total. The number of anilines is 3. The standard InChI is InChI=1S/C68H46N2/c1-4-20-47(21-5-1)55-27-12-15-32-62(55)67-57(48-22-6-2-7-23-48)33-19-37-66(67)69(54-44-40-50(41-45-54)64-46-51-24-10-11-28-56(51)59-29-13-14-30-60(59)64)53-42-38-49(39-43-53)58-34-18-35-63-61-31-16-17-36-65(61)70(68(58)63)52-25-8-3-9-26-52/h1-46H. The number of rotatable bonds is 9. The van der Waals surface area contributed by atoms with Crippen molar-refractivity contribution in [3.8, 4) is 61.3 Å². The van der Waals surface area contributed by atoms with Crippen molar-refractivity contribution < 1.29 is 0 Å². The largest absolute Gasteiger partial charge is 0.310 e. The van der Waals surface area contributed by atoms with E-state index in [0.29, 0.717) is 0 Å². The Labute approximate surface area is 408 Å². The van der Waals surface area contributed by atoms with E-state index in [1.54, 1.807) is 0 Å². The van der Waals surface area contributed by atoms with Crippen LogP contribution in [0.3, 0.4) is 0 Å². The second-order valence-electron chi connectivity index (χ2n) is 18.0. The van der Waals surface area contributed by atoms with Crippen LogP contribution in [0.25, 0.3) is 105 Å². The van der Waals surface area contributed by atoms with E-state index in [2.05, 4.69) is 289 Å². The monoisotopic (exact) mass is 890 g/mol. The van der Waals surface area contributed by atoms with Gasteiger partial charge in [-0.15, -0.1) is 0 Å². The summed E-state index contributed by atoms with van der Waals surface area (Å²) in [7, 11) is 0. The van der Waals surface area contributed by atoms with Crippen molar-refractivity contribution in [2.24, 2.45) is 0 Å². The van der Waals surface area contributed by atoms with Crippen LogP contribution >= 0.6 is 0 Å². The molecule has 2 heteroatoms. The molecule has 0 radical (unpaired) electrons. The van der Waals surface area contributed by atoms with Gasteiger partial charge in [-0.25, -0.2) is 0 Å². The zero-order valence-electron chi connectivity index (χ0n) is 38.5. The van der Waals surface area contributed by atoms with E-state index in [4.69, 9.17) is 0 Å². The maximum Gasteiger partial charge on any atom is 0.0619 e. The lowest BCUT2D eigenvalue weighted by Gasteiger charge is -2.30. The van der Waals surface area contributed by atoms with Crippen molar-refractivity contribution >= 4 is 60.4 Å². The lowest BCUT2D eigenvalue weighted by atomic mass is 9.87. The molecule has 0 spiro atoms. The Balaban J connectivity index is 1.03. The third-order valence-corrected chi connectivity index (χ3v) is 14.0. The van der Waals surface area contributed by atoms with E-state index in [1.165, 1.54) is 87.9 Å². The highest BCUT2D eigenvalue weighted by Crippen LogP contribution is 2.49. The van der Waals surface area contributed by atoms with Crippen LogP contribution in [0.15, 0.2) is 279 Å². The lowest BCUT2D eigenvalue weighted by molar-refractivity contribution is 1.18. The molecule has 12 aromatic carbocycles. The van der Waals surface area contributed by atoms with Gasteiger partial charge in [-0.2, -0.15) is 0 Å². The van der Waals surface area contributed by atoms with E-state index < -0.39 is 0 Å². The summed E-state index contributed by atoms with van der Waals surface area (Å²) in [5, 5.41) is 7.50. The fourth-order valence-electron chi connectivity index (χ4n) is 10.8. The van der Waals surface area contributed by atoms with Crippen molar-refractivity contribution in [3.63, 3.8) is 0 Å². The molecule has 0 aliphatic carbocycles. The molecular formula is C68H46N2. The zero-order valence-corrected chi connectivity index (χ0v) is 38.5. The molecule has 0 aliphatic rings. The van der Waals surface area contributed by atoms with Crippen LogP contribution in [0.2, 0.25) is 0 Å². The van der Waals surface area contributed by atoms with Gasteiger partial charge in [0.15, 0.2) is 0 Å². The molecule has 13 rings (SSSR count). The minimum atomic E-state index is 1.06. The summed E-state index contributed by atoms with van der Waals surface area (Å²) in [6.45, 7) is 0. The first kappa shape index (κ1) is 41.0. The number of aromatic nitrogens is 1. The number of hydrogen-bond acceptors (Lipinski definition) is 1. The topological polar surface area (TPSA) is 8.17 Å².